The van der Waals surface area contributed by atoms with Crippen molar-refractivity contribution in [1.29, 1.82) is 0 Å². The highest BCUT2D eigenvalue weighted by Crippen LogP contribution is 2.25. The zero-order chi connectivity index (χ0) is 8.55. The van der Waals surface area contributed by atoms with Gasteiger partial charge in [0.1, 0.15) is 0 Å². The molecule has 0 saturated heterocycles. The fourth-order valence-corrected chi connectivity index (χ4v) is 1.93. The Bertz CT molecular complexity index is 436. The number of fused-ring (bicyclic) bond motifs is 1. The summed E-state index contributed by atoms with van der Waals surface area (Å²) in [5.74, 6) is 0. The van der Waals surface area contributed by atoms with Gasteiger partial charge in [-0.3, -0.25) is 9.78 Å². The molecular weight excluding hydrogens is 172 g/mol. The minimum atomic E-state index is 0.444. The van der Waals surface area contributed by atoms with Gasteiger partial charge in [-0.2, -0.15) is 0 Å². The van der Waals surface area contributed by atoms with E-state index in [1.165, 1.54) is 17.5 Å². The van der Waals surface area contributed by atoms with Gasteiger partial charge < -0.3 is 5.73 Å². The molecule has 0 aliphatic carbocycles. The lowest BCUT2D eigenvalue weighted by molar-refractivity contribution is 0.112. The topological polar surface area (TPSA) is 56.0 Å². The van der Waals surface area contributed by atoms with E-state index in [4.69, 9.17) is 5.73 Å². The number of pyridine rings is 1. The van der Waals surface area contributed by atoms with E-state index < -0.39 is 0 Å². The van der Waals surface area contributed by atoms with Crippen LogP contribution in [0.5, 0.6) is 0 Å². The van der Waals surface area contributed by atoms with Crippen LogP contribution in [0.4, 0.5) is 5.69 Å². The van der Waals surface area contributed by atoms with Gasteiger partial charge in [-0.25, -0.2) is 0 Å². The number of aromatic nitrogens is 1. The van der Waals surface area contributed by atoms with E-state index in [0.717, 1.165) is 16.5 Å². The molecule has 2 heterocycles. The first kappa shape index (κ1) is 7.24. The van der Waals surface area contributed by atoms with Crippen molar-refractivity contribution in [3.63, 3.8) is 0 Å². The number of carbonyl (C=O) groups is 1. The molecule has 0 bridgehead atoms. The van der Waals surface area contributed by atoms with E-state index in [-0.39, 0.29) is 0 Å². The molecule has 3 nitrogen and oxygen atoms in total. The van der Waals surface area contributed by atoms with E-state index in [0.29, 0.717) is 11.3 Å². The van der Waals surface area contributed by atoms with Crippen LogP contribution < -0.4 is 5.73 Å². The highest BCUT2D eigenvalue weighted by atomic mass is 32.1. The van der Waals surface area contributed by atoms with Gasteiger partial charge in [-0.1, -0.05) is 0 Å². The molecule has 2 aromatic rings. The Kier molecular flexibility index (Phi) is 1.55. The normalized spacial score (nSPS) is 10.3. The van der Waals surface area contributed by atoms with Gasteiger partial charge in [0.2, 0.25) is 0 Å². The third kappa shape index (κ3) is 0.887. The average molecular weight is 178 g/mol. The summed E-state index contributed by atoms with van der Waals surface area (Å²) >= 11 is 1.48. The minimum Gasteiger partial charge on any atom is -0.397 e. The Morgan fingerprint density at radius 3 is 3.17 bits per heavy atom. The number of nitrogen functional groups attached to an aromatic ring is 1. The van der Waals surface area contributed by atoms with Gasteiger partial charge in [-0.15, -0.1) is 11.3 Å². The summed E-state index contributed by atoms with van der Waals surface area (Å²) < 4.78 is 0.866. The van der Waals surface area contributed by atoms with E-state index in [1.54, 1.807) is 0 Å². The molecule has 2 aromatic heterocycles. The van der Waals surface area contributed by atoms with Crippen molar-refractivity contribution >= 4 is 33.5 Å². The summed E-state index contributed by atoms with van der Waals surface area (Å²) in [5.41, 5.74) is 7.39. The first-order chi connectivity index (χ1) is 5.83. The fourth-order valence-electron chi connectivity index (χ4n) is 1.07. The lowest BCUT2D eigenvalue weighted by Gasteiger charge is -1.97. The molecular formula is C8H6N2OS. The van der Waals surface area contributed by atoms with Crippen molar-refractivity contribution in [3.05, 3.63) is 23.2 Å². The Morgan fingerprint density at radius 2 is 2.42 bits per heavy atom. The number of carbonyl (C=O) groups excluding carboxylic acids is 1. The molecule has 0 aliphatic rings. The van der Waals surface area contributed by atoms with E-state index in [1.807, 2.05) is 11.4 Å². The molecule has 0 atom stereocenters. The van der Waals surface area contributed by atoms with Crippen molar-refractivity contribution in [2.24, 2.45) is 0 Å². The number of anilines is 1. The van der Waals surface area contributed by atoms with E-state index in [2.05, 4.69) is 4.98 Å². The second kappa shape index (κ2) is 2.57. The van der Waals surface area contributed by atoms with Crippen molar-refractivity contribution in [2.45, 2.75) is 0 Å². The molecule has 0 aromatic carbocycles. The van der Waals surface area contributed by atoms with Gasteiger partial charge in [0.05, 0.1) is 27.7 Å². The largest absolute Gasteiger partial charge is 0.397 e. The summed E-state index contributed by atoms with van der Waals surface area (Å²) in [6.45, 7) is 0. The molecule has 0 aliphatic heterocycles. The van der Waals surface area contributed by atoms with Gasteiger partial charge in [0.15, 0.2) is 6.29 Å². The standard InChI is InChI=1S/C8H6N2OS/c9-6-3-10-7-1-2-12-8(7)5(6)4-11/h1-4H,9H2. The molecule has 4 heteroatoms. The molecule has 0 spiro atoms. The summed E-state index contributed by atoms with van der Waals surface area (Å²) in [7, 11) is 0. The highest BCUT2D eigenvalue weighted by Gasteiger charge is 2.05. The molecule has 0 saturated carbocycles. The smallest absolute Gasteiger partial charge is 0.153 e. The summed E-state index contributed by atoms with van der Waals surface area (Å²) in [4.78, 5) is 14.7. The maximum absolute atomic E-state index is 10.6. The van der Waals surface area contributed by atoms with Gasteiger partial charge in [0.25, 0.3) is 0 Å². The summed E-state index contributed by atoms with van der Waals surface area (Å²) in [6, 6.07) is 1.87. The predicted octanol–water partition coefficient (Wildman–Crippen LogP) is 1.69. The summed E-state index contributed by atoms with van der Waals surface area (Å²) in [5, 5.41) is 1.89. The average Bonchev–Trinajstić information content (AvgIpc) is 2.52. The lowest BCUT2D eigenvalue weighted by Crippen LogP contribution is -1.93. The first-order valence-corrected chi connectivity index (χ1v) is 4.28. The van der Waals surface area contributed by atoms with Gasteiger partial charge in [0, 0.05) is 0 Å². The van der Waals surface area contributed by atoms with Crippen molar-refractivity contribution < 1.29 is 4.79 Å². The second-order valence-electron chi connectivity index (χ2n) is 2.38. The maximum atomic E-state index is 10.6. The van der Waals surface area contributed by atoms with Gasteiger partial charge in [-0.05, 0) is 11.4 Å². The van der Waals surface area contributed by atoms with E-state index in [9.17, 15) is 4.79 Å². The monoisotopic (exact) mass is 178 g/mol. The number of rotatable bonds is 1. The van der Waals surface area contributed by atoms with Crippen LogP contribution in [0.2, 0.25) is 0 Å². The first-order valence-electron chi connectivity index (χ1n) is 3.40. The van der Waals surface area contributed by atoms with Crippen LogP contribution in [0.25, 0.3) is 10.2 Å². The third-order valence-electron chi connectivity index (χ3n) is 1.66. The van der Waals surface area contributed by atoms with Crippen LogP contribution in [0.3, 0.4) is 0 Å². The lowest BCUT2D eigenvalue weighted by atomic mass is 10.2. The summed E-state index contributed by atoms with van der Waals surface area (Å²) in [6.07, 6.45) is 2.29. The van der Waals surface area contributed by atoms with Crippen molar-refractivity contribution in [2.75, 3.05) is 5.73 Å². The van der Waals surface area contributed by atoms with Crippen LogP contribution in [0.1, 0.15) is 10.4 Å². The number of hydrogen-bond acceptors (Lipinski definition) is 4. The minimum absolute atomic E-state index is 0.444. The number of thiophene rings is 1. The molecule has 0 fully saturated rings. The highest BCUT2D eigenvalue weighted by molar-refractivity contribution is 7.17. The molecule has 0 amide bonds. The Morgan fingerprint density at radius 1 is 1.58 bits per heavy atom. The zero-order valence-electron chi connectivity index (χ0n) is 6.15. The molecule has 2 rings (SSSR count). The number of aldehydes is 1. The molecule has 12 heavy (non-hydrogen) atoms. The Labute approximate surface area is 72.8 Å². The fraction of sp³-hybridized carbons (Fsp3) is 0. The molecule has 60 valence electrons. The third-order valence-corrected chi connectivity index (χ3v) is 2.60. The quantitative estimate of drug-likeness (QED) is 0.676. The van der Waals surface area contributed by atoms with Crippen molar-refractivity contribution in [1.82, 2.24) is 4.98 Å². The number of nitrogens with two attached hydrogens (primary N) is 1. The SMILES string of the molecule is Nc1cnc2ccsc2c1C=O. The Balaban J connectivity index is 2.91. The Hall–Kier alpha value is -1.42. The second-order valence-corrected chi connectivity index (χ2v) is 3.30. The zero-order valence-corrected chi connectivity index (χ0v) is 6.97. The molecule has 0 radical (unpaired) electrons. The van der Waals surface area contributed by atoms with Crippen LogP contribution in [0.15, 0.2) is 17.6 Å². The van der Waals surface area contributed by atoms with Gasteiger partial charge >= 0.3 is 0 Å². The predicted molar refractivity (Wildman–Crippen MR) is 49.4 cm³/mol. The van der Waals surface area contributed by atoms with Crippen LogP contribution >= 0.6 is 11.3 Å². The van der Waals surface area contributed by atoms with Crippen molar-refractivity contribution in [3.8, 4) is 0 Å². The van der Waals surface area contributed by atoms with Crippen LogP contribution in [-0.4, -0.2) is 11.3 Å². The molecule has 2 N–H and O–H groups in total. The molecule has 0 unspecified atom stereocenters. The maximum Gasteiger partial charge on any atom is 0.153 e. The number of nitrogens with zero attached hydrogens (tertiary/aromatic N) is 1. The number of hydrogen-bond donors (Lipinski definition) is 1. The van der Waals surface area contributed by atoms with E-state index >= 15 is 0 Å². The van der Waals surface area contributed by atoms with Crippen LogP contribution in [0, 0.1) is 0 Å². The van der Waals surface area contributed by atoms with Crippen LogP contribution in [-0.2, 0) is 0 Å².